The van der Waals surface area contributed by atoms with Crippen LogP contribution >= 0.6 is 0 Å². The van der Waals surface area contributed by atoms with Gasteiger partial charge in [0.2, 0.25) is 0 Å². The number of methoxy groups -OCH3 is 1. The maximum atomic E-state index is 5.98. The van der Waals surface area contributed by atoms with Crippen molar-refractivity contribution in [1.29, 1.82) is 0 Å². The Morgan fingerprint density at radius 2 is 1.70 bits per heavy atom. The first-order chi connectivity index (χ1) is 14.7. The van der Waals surface area contributed by atoms with E-state index >= 15 is 0 Å². The third-order valence-corrected chi connectivity index (χ3v) is 4.55. The van der Waals surface area contributed by atoms with E-state index in [9.17, 15) is 0 Å². The summed E-state index contributed by atoms with van der Waals surface area (Å²) < 4.78 is 17.1. The van der Waals surface area contributed by atoms with Gasteiger partial charge in [0.15, 0.2) is 11.5 Å². The van der Waals surface area contributed by atoms with Crippen LogP contribution in [0.5, 0.6) is 17.2 Å². The minimum Gasteiger partial charge on any atom is -0.496 e. The fourth-order valence-electron chi connectivity index (χ4n) is 2.94. The second kappa shape index (κ2) is 10.9. The van der Waals surface area contributed by atoms with Gasteiger partial charge < -0.3 is 19.6 Å². The summed E-state index contributed by atoms with van der Waals surface area (Å²) >= 11 is 0. The number of nitrogens with zero attached hydrogens (tertiary/aromatic N) is 1. The predicted molar refractivity (Wildman–Crippen MR) is 121 cm³/mol. The second-order valence-electron chi connectivity index (χ2n) is 6.82. The lowest BCUT2D eigenvalue weighted by molar-refractivity contribution is 0.269. The van der Waals surface area contributed by atoms with Crippen LogP contribution in [0.25, 0.3) is 0 Å². The number of rotatable bonds is 10. The van der Waals surface area contributed by atoms with Gasteiger partial charge in [0.25, 0.3) is 0 Å². The van der Waals surface area contributed by atoms with Gasteiger partial charge in [-0.15, -0.1) is 0 Å². The third kappa shape index (κ3) is 6.01. The van der Waals surface area contributed by atoms with Gasteiger partial charge in [0.1, 0.15) is 12.4 Å². The Hall–Kier alpha value is -3.47. The Balaban J connectivity index is 1.62. The summed E-state index contributed by atoms with van der Waals surface area (Å²) in [6.45, 7) is 5.67. The van der Waals surface area contributed by atoms with Crippen LogP contribution in [0.3, 0.4) is 0 Å². The molecule has 0 heterocycles. The molecule has 0 aliphatic heterocycles. The monoisotopic (exact) mass is 404 g/mol. The van der Waals surface area contributed by atoms with E-state index in [4.69, 9.17) is 14.2 Å². The Bertz CT molecular complexity index is 968. The lowest BCUT2D eigenvalue weighted by Crippen LogP contribution is -2.07. The van der Waals surface area contributed by atoms with Gasteiger partial charge in [0, 0.05) is 5.56 Å². The Kier molecular flexibility index (Phi) is 7.72. The zero-order valence-electron chi connectivity index (χ0n) is 17.7. The largest absolute Gasteiger partial charge is 0.496 e. The fraction of sp³-hybridized carbons (Fsp3) is 0.240. The normalized spacial score (nSPS) is 10.8. The lowest BCUT2D eigenvalue weighted by atomic mass is 10.2. The summed E-state index contributed by atoms with van der Waals surface area (Å²) in [5.74, 6) is 2.27. The van der Waals surface area contributed by atoms with Crippen molar-refractivity contribution >= 4 is 6.21 Å². The van der Waals surface area contributed by atoms with Crippen molar-refractivity contribution in [2.45, 2.75) is 27.0 Å². The maximum absolute atomic E-state index is 5.98. The zero-order chi connectivity index (χ0) is 21.2. The van der Waals surface area contributed by atoms with Crippen LogP contribution in [0.2, 0.25) is 0 Å². The molecule has 3 aromatic carbocycles. The standard InChI is InChI=1S/C25H28N2O3/c1-4-29-25-15-21(16-26-27-17-22-7-5-6-8-23(22)28-3)13-14-24(25)30-18-20-11-9-19(2)10-12-20/h5-16,27H,4,17-18H2,1-3H3/b26-16+. The van der Waals surface area contributed by atoms with Crippen molar-refractivity contribution in [1.82, 2.24) is 5.43 Å². The van der Waals surface area contributed by atoms with Crippen LogP contribution in [0.1, 0.15) is 29.2 Å². The highest BCUT2D eigenvalue weighted by Gasteiger charge is 2.07. The van der Waals surface area contributed by atoms with Crippen molar-refractivity contribution in [3.63, 3.8) is 0 Å². The average molecular weight is 405 g/mol. The first-order valence-corrected chi connectivity index (χ1v) is 10.0. The van der Waals surface area contributed by atoms with E-state index in [1.54, 1.807) is 13.3 Å². The molecule has 5 heteroatoms. The third-order valence-electron chi connectivity index (χ3n) is 4.55. The number of hydrogen-bond acceptors (Lipinski definition) is 5. The van der Waals surface area contributed by atoms with Crippen molar-refractivity contribution in [2.75, 3.05) is 13.7 Å². The molecule has 30 heavy (non-hydrogen) atoms. The molecule has 3 rings (SSSR count). The molecular formula is C25H28N2O3. The first kappa shape index (κ1) is 21.2. The van der Waals surface area contributed by atoms with Gasteiger partial charge in [0.05, 0.1) is 26.5 Å². The van der Waals surface area contributed by atoms with Crippen molar-refractivity contribution in [3.8, 4) is 17.2 Å². The molecule has 0 atom stereocenters. The summed E-state index contributed by atoms with van der Waals surface area (Å²) in [5.41, 5.74) is 7.39. The Labute approximate surface area is 178 Å². The lowest BCUT2D eigenvalue weighted by Gasteiger charge is -2.13. The van der Waals surface area contributed by atoms with Crippen LogP contribution in [-0.2, 0) is 13.2 Å². The Morgan fingerprint density at radius 1 is 0.900 bits per heavy atom. The van der Waals surface area contributed by atoms with E-state index < -0.39 is 0 Å². The van der Waals surface area contributed by atoms with Gasteiger partial charge in [-0.2, -0.15) is 5.10 Å². The molecule has 0 aliphatic carbocycles. The van der Waals surface area contributed by atoms with Gasteiger partial charge in [-0.3, -0.25) is 0 Å². The molecule has 3 aromatic rings. The molecule has 0 spiro atoms. The zero-order valence-corrected chi connectivity index (χ0v) is 17.7. The molecular weight excluding hydrogens is 376 g/mol. The summed E-state index contributed by atoms with van der Waals surface area (Å²) in [7, 11) is 1.67. The molecule has 1 N–H and O–H groups in total. The minimum atomic E-state index is 0.494. The van der Waals surface area contributed by atoms with Crippen molar-refractivity contribution in [2.24, 2.45) is 5.10 Å². The smallest absolute Gasteiger partial charge is 0.161 e. The predicted octanol–water partition coefficient (Wildman–Crippen LogP) is 5.11. The van der Waals surface area contributed by atoms with E-state index in [1.807, 2.05) is 49.4 Å². The second-order valence-corrected chi connectivity index (χ2v) is 6.82. The fourth-order valence-corrected chi connectivity index (χ4v) is 2.94. The minimum absolute atomic E-state index is 0.494. The molecule has 0 fully saturated rings. The summed E-state index contributed by atoms with van der Waals surface area (Å²) in [6.07, 6.45) is 1.77. The van der Waals surface area contributed by atoms with E-state index in [-0.39, 0.29) is 0 Å². The van der Waals surface area contributed by atoms with E-state index in [0.29, 0.717) is 25.5 Å². The molecule has 0 bridgehead atoms. The summed E-state index contributed by atoms with van der Waals surface area (Å²) in [5, 5.41) is 4.32. The van der Waals surface area contributed by atoms with Crippen LogP contribution in [0.15, 0.2) is 71.8 Å². The quantitative estimate of drug-likeness (QED) is 0.377. The molecule has 156 valence electrons. The van der Waals surface area contributed by atoms with Crippen LogP contribution in [0, 0.1) is 6.92 Å². The van der Waals surface area contributed by atoms with Gasteiger partial charge in [-0.25, -0.2) is 0 Å². The van der Waals surface area contributed by atoms with Crippen molar-refractivity contribution in [3.05, 3.63) is 89.0 Å². The van der Waals surface area contributed by atoms with E-state index in [2.05, 4.69) is 41.7 Å². The molecule has 0 unspecified atom stereocenters. The molecule has 0 aromatic heterocycles. The molecule has 0 aliphatic rings. The molecule has 0 radical (unpaired) electrons. The number of nitrogens with one attached hydrogen (secondary N) is 1. The first-order valence-electron chi connectivity index (χ1n) is 10.0. The highest BCUT2D eigenvalue weighted by Crippen LogP contribution is 2.29. The maximum Gasteiger partial charge on any atom is 0.161 e. The Morgan fingerprint density at radius 3 is 2.47 bits per heavy atom. The SMILES string of the molecule is CCOc1cc(/C=N/NCc2ccccc2OC)ccc1OCc1ccc(C)cc1. The molecule has 0 saturated heterocycles. The van der Waals surface area contributed by atoms with Gasteiger partial charge >= 0.3 is 0 Å². The van der Waals surface area contributed by atoms with Crippen molar-refractivity contribution < 1.29 is 14.2 Å². The van der Waals surface area contributed by atoms with Crippen LogP contribution < -0.4 is 19.6 Å². The molecule has 0 saturated carbocycles. The highest BCUT2D eigenvalue weighted by molar-refractivity contribution is 5.80. The number of hydrazone groups is 1. The van der Waals surface area contributed by atoms with Gasteiger partial charge in [-0.1, -0.05) is 48.0 Å². The molecule has 5 nitrogen and oxygen atoms in total. The van der Waals surface area contributed by atoms with Crippen LogP contribution in [-0.4, -0.2) is 19.9 Å². The summed E-state index contributed by atoms with van der Waals surface area (Å²) in [6, 6.07) is 22.0. The summed E-state index contributed by atoms with van der Waals surface area (Å²) in [4.78, 5) is 0. The highest BCUT2D eigenvalue weighted by atomic mass is 16.5. The van der Waals surface area contributed by atoms with Crippen LogP contribution in [0.4, 0.5) is 0 Å². The topological polar surface area (TPSA) is 52.1 Å². The van der Waals surface area contributed by atoms with E-state index in [0.717, 1.165) is 28.2 Å². The van der Waals surface area contributed by atoms with E-state index in [1.165, 1.54) is 5.56 Å². The molecule has 0 amide bonds. The average Bonchev–Trinajstić information content (AvgIpc) is 2.77. The number of para-hydroxylation sites is 1. The van der Waals surface area contributed by atoms with Gasteiger partial charge in [-0.05, 0) is 49.2 Å². The number of ether oxygens (including phenoxy) is 3. The number of benzene rings is 3. The number of hydrogen-bond donors (Lipinski definition) is 1. The number of aryl methyl sites for hydroxylation is 1.